The Balaban J connectivity index is 1.76. The number of aromatic nitrogens is 1. The molecule has 0 unspecified atom stereocenters. The molecule has 0 saturated heterocycles. The Morgan fingerprint density at radius 2 is 1.70 bits per heavy atom. The van der Waals surface area contributed by atoms with Crippen LogP contribution in [0.5, 0.6) is 11.5 Å². The molecule has 3 rings (SSSR count). The quantitative estimate of drug-likeness (QED) is 0.575. The number of carbonyl (C=O) groups excluding carboxylic acids is 1. The third kappa shape index (κ3) is 4.35. The average molecular weight is 381 g/mol. The Bertz CT molecular complexity index is 961. The lowest BCUT2D eigenvalue weighted by Crippen LogP contribution is -2.00. The van der Waals surface area contributed by atoms with Crippen molar-refractivity contribution in [2.24, 2.45) is 0 Å². The smallest absolute Gasteiger partial charge is 0.337 e. The molecule has 1 heterocycles. The van der Waals surface area contributed by atoms with E-state index in [1.807, 2.05) is 47.9 Å². The van der Waals surface area contributed by atoms with Gasteiger partial charge in [-0.1, -0.05) is 18.2 Å². The zero-order valence-corrected chi connectivity index (χ0v) is 16.1. The highest BCUT2D eigenvalue weighted by Crippen LogP contribution is 2.32. The molecule has 0 amide bonds. The average Bonchev–Trinajstić information content (AvgIpc) is 3.20. The van der Waals surface area contributed by atoms with Crippen LogP contribution < -0.4 is 9.47 Å². The van der Waals surface area contributed by atoms with Gasteiger partial charge in [-0.3, -0.25) is 0 Å². The largest absolute Gasteiger partial charge is 0.493 e. The van der Waals surface area contributed by atoms with Gasteiger partial charge in [0.25, 0.3) is 0 Å². The summed E-state index contributed by atoms with van der Waals surface area (Å²) in [4.78, 5) is 16.1. The minimum absolute atomic E-state index is 0.343. The van der Waals surface area contributed by atoms with Crippen molar-refractivity contribution in [3.63, 3.8) is 0 Å². The van der Waals surface area contributed by atoms with Crippen LogP contribution in [-0.2, 0) is 4.74 Å². The van der Waals surface area contributed by atoms with Gasteiger partial charge in [0.1, 0.15) is 5.01 Å². The van der Waals surface area contributed by atoms with Gasteiger partial charge >= 0.3 is 5.97 Å². The first-order valence-electron chi connectivity index (χ1n) is 8.19. The van der Waals surface area contributed by atoms with Crippen molar-refractivity contribution in [1.82, 2.24) is 4.98 Å². The predicted octanol–water partition coefficient (Wildman–Crippen LogP) is 4.78. The zero-order valence-electron chi connectivity index (χ0n) is 15.3. The van der Waals surface area contributed by atoms with Crippen LogP contribution in [0, 0.1) is 0 Å². The van der Waals surface area contributed by atoms with Gasteiger partial charge in [-0.05, 0) is 42.0 Å². The fraction of sp³-hybridized carbons (Fsp3) is 0.143. The number of esters is 1. The van der Waals surface area contributed by atoms with Crippen LogP contribution >= 0.6 is 11.3 Å². The van der Waals surface area contributed by atoms with Crippen molar-refractivity contribution >= 4 is 29.5 Å². The highest BCUT2D eigenvalue weighted by molar-refractivity contribution is 7.10. The molecule has 2 aromatic carbocycles. The van der Waals surface area contributed by atoms with Crippen molar-refractivity contribution in [3.8, 4) is 22.8 Å². The van der Waals surface area contributed by atoms with Gasteiger partial charge in [0.2, 0.25) is 0 Å². The summed E-state index contributed by atoms with van der Waals surface area (Å²) < 4.78 is 15.3. The van der Waals surface area contributed by atoms with E-state index in [0.29, 0.717) is 17.1 Å². The van der Waals surface area contributed by atoms with E-state index in [0.717, 1.165) is 21.8 Å². The van der Waals surface area contributed by atoms with E-state index in [2.05, 4.69) is 4.98 Å². The van der Waals surface area contributed by atoms with Crippen molar-refractivity contribution in [1.29, 1.82) is 0 Å². The number of methoxy groups -OCH3 is 3. The van der Waals surface area contributed by atoms with Gasteiger partial charge in [0.05, 0.1) is 32.6 Å². The first kappa shape index (κ1) is 18.7. The van der Waals surface area contributed by atoms with Crippen LogP contribution in [0.3, 0.4) is 0 Å². The Morgan fingerprint density at radius 1 is 0.963 bits per heavy atom. The molecule has 0 aliphatic rings. The molecule has 27 heavy (non-hydrogen) atoms. The van der Waals surface area contributed by atoms with Crippen molar-refractivity contribution in [3.05, 3.63) is 64.0 Å². The van der Waals surface area contributed by atoms with Crippen molar-refractivity contribution in [2.45, 2.75) is 0 Å². The SMILES string of the molecule is COC(=O)c1ccc(/C=C/c2nc(-c3ccc(OC)c(OC)c3)cs2)cc1. The number of hydrogen-bond donors (Lipinski definition) is 0. The molecule has 6 heteroatoms. The third-order valence-electron chi connectivity index (χ3n) is 3.95. The third-order valence-corrected chi connectivity index (χ3v) is 4.76. The van der Waals surface area contributed by atoms with Crippen molar-refractivity contribution < 1.29 is 19.0 Å². The number of rotatable bonds is 6. The van der Waals surface area contributed by atoms with Crippen LogP contribution in [0.2, 0.25) is 0 Å². The standard InChI is InChI=1S/C21H19NO4S/c1-24-18-10-9-16(12-19(18)25-2)17-13-27-20(22-17)11-6-14-4-7-15(8-5-14)21(23)26-3/h4-13H,1-3H3/b11-6+. The van der Waals surface area contributed by atoms with Crippen LogP contribution in [0.4, 0.5) is 0 Å². The van der Waals surface area contributed by atoms with Crippen molar-refractivity contribution in [2.75, 3.05) is 21.3 Å². The summed E-state index contributed by atoms with van der Waals surface area (Å²) in [6, 6.07) is 12.9. The first-order chi connectivity index (χ1) is 13.1. The van der Waals surface area contributed by atoms with E-state index in [-0.39, 0.29) is 5.97 Å². The molecule has 3 aromatic rings. The molecule has 5 nitrogen and oxygen atoms in total. The second kappa shape index (κ2) is 8.51. The molecular weight excluding hydrogens is 362 g/mol. The van der Waals surface area contributed by atoms with Crippen LogP contribution in [0.25, 0.3) is 23.4 Å². The number of hydrogen-bond acceptors (Lipinski definition) is 6. The van der Waals surface area contributed by atoms with Crippen LogP contribution in [-0.4, -0.2) is 32.3 Å². The molecule has 138 valence electrons. The predicted molar refractivity (Wildman–Crippen MR) is 107 cm³/mol. The topological polar surface area (TPSA) is 57.7 Å². The lowest BCUT2D eigenvalue weighted by molar-refractivity contribution is 0.0600. The fourth-order valence-electron chi connectivity index (χ4n) is 2.51. The highest BCUT2D eigenvalue weighted by atomic mass is 32.1. The van der Waals surface area contributed by atoms with E-state index in [1.54, 1.807) is 37.7 Å². The molecule has 0 N–H and O–H groups in total. The van der Waals surface area contributed by atoms with Crippen LogP contribution in [0.15, 0.2) is 47.8 Å². The Morgan fingerprint density at radius 3 is 2.37 bits per heavy atom. The van der Waals surface area contributed by atoms with Gasteiger partial charge in [-0.25, -0.2) is 9.78 Å². The maximum absolute atomic E-state index is 11.5. The molecule has 0 aliphatic carbocycles. The molecule has 0 atom stereocenters. The lowest BCUT2D eigenvalue weighted by Gasteiger charge is -2.08. The molecule has 0 spiro atoms. The molecule has 0 bridgehead atoms. The van der Waals surface area contributed by atoms with Gasteiger partial charge in [-0.15, -0.1) is 11.3 Å². The second-order valence-corrected chi connectivity index (χ2v) is 6.48. The number of carbonyl (C=O) groups is 1. The summed E-state index contributed by atoms with van der Waals surface area (Å²) in [5.74, 6) is 1.02. The number of nitrogens with zero attached hydrogens (tertiary/aromatic N) is 1. The molecule has 0 fully saturated rings. The summed E-state index contributed by atoms with van der Waals surface area (Å²) in [7, 11) is 4.60. The van der Waals surface area contributed by atoms with Gasteiger partial charge in [0, 0.05) is 10.9 Å². The van der Waals surface area contributed by atoms with E-state index in [4.69, 9.17) is 14.2 Å². The Labute approximate surface area is 161 Å². The van der Waals surface area contributed by atoms with Crippen LogP contribution in [0.1, 0.15) is 20.9 Å². The van der Waals surface area contributed by atoms with Gasteiger partial charge in [0.15, 0.2) is 11.5 Å². The summed E-state index contributed by atoms with van der Waals surface area (Å²) in [6.45, 7) is 0. The summed E-state index contributed by atoms with van der Waals surface area (Å²) >= 11 is 1.55. The van der Waals surface area contributed by atoms with E-state index in [9.17, 15) is 4.79 Å². The first-order valence-corrected chi connectivity index (χ1v) is 9.07. The fourth-order valence-corrected chi connectivity index (χ4v) is 3.23. The normalized spacial score (nSPS) is 10.8. The van der Waals surface area contributed by atoms with Gasteiger partial charge < -0.3 is 14.2 Å². The monoisotopic (exact) mass is 381 g/mol. The molecule has 0 aliphatic heterocycles. The molecule has 0 radical (unpaired) electrons. The number of benzene rings is 2. The summed E-state index contributed by atoms with van der Waals surface area (Å²) in [5.41, 5.74) is 3.35. The number of ether oxygens (including phenoxy) is 3. The second-order valence-electron chi connectivity index (χ2n) is 5.59. The number of thiazole rings is 1. The zero-order chi connectivity index (χ0) is 19.2. The minimum Gasteiger partial charge on any atom is -0.493 e. The molecule has 1 aromatic heterocycles. The summed E-state index contributed by atoms with van der Waals surface area (Å²) in [5, 5.41) is 2.89. The highest BCUT2D eigenvalue weighted by Gasteiger charge is 2.09. The summed E-state index contributed by atoms with van der Waals surface area (Å²) in [6.07, 6.45) is 3.90. The van der Waals surface area contributed by atoms with E-state index >= 15 is 0 Å². The van der Waals surface area contributed by atoms with E-state index < -0.39 is 0 Å². The van der Waals surface area contributed by atoms with Gasteiger partial charge in [-0.2, -0.15) is 0 Å². The Kier molecular flexibility index (Phi) is 5.88. The maximum Gasteiger partial charge on any atom is 0.337 e. The maximum atomic E-state index is 11.5. The molecular formula is C21H19NO4S. The minimum atomic E-state index is -0.343. The van der Waals surface area contributed by atoms with E-state index in [1.165, 1.54) is 7.11 Å². The Hall–Kier alpha value is -3.12. The molecule has 0 saturated carbocycles. The lowest BCUT2D eigenvalue weighted by atomic mass is 10.1.